The Labute approximate surface area is 187 Å². The quantitative estimate of drug-likeness (QED) is 0.436. The van der Waals surface area contributed by atoms with Gasteiger partial charge >= 0.3 is 0 Å². The molecule has 0 unspecified atom stereocenters. The smallest absolute Gasteiger partial charge is 0.293 e. The number of hydrogen-bond donors (Lipinski definition) is 2. The monoisotopic (exact) mass is 460 g/mol. The van der Waals surface area contributed by atoms with E-state index >= 15 is 0 Å². The first kappa shape index (κ1) is 23.7. The van der Waals surface area contributed by atoms with Crippen molar-refractivity contribution in [2.75, 3.05) is 25.0 Å². The summed E-state index contributed by atoms with van der Waals surface area (Å²) in [5.74, 6) is 0.611. The molecule has 3 rings (SSSR count). The molecule has 0 spiro atoms. The lowest BCUT2D eigenvalue weighted by Crippen LogP contribution is -2.39. The van der Waals surface area contributed by atoms with Gasteiger partial charge < -0.3 is 10.2 Å². The van der Waals surface area contributed by atoms with Gasteiger partial charge in [-0.2, -0.15) is 0 Å². The lowest BCUT2D eigenvalue weighted by molar-refractivity contribution is -0.384. The van der Waals surface area contributed by atoms with Crippen LogP contribution >= 0.6 is 0 Å². The highest BCUT2D eigenvalue weighted by Gasteiger charge is 2.23. The Hall–Kier alpha value is -2.98. The van der Waals surface area contributed by atoms with Gasteiger partial charge in [0.15, 0.2) is 0 Å². The first-order chi connectivity index (χ1) is 15.2. The number of piperidine rings is 1. The zero-order valence-electron chi connectivity index (χ0n) is 17.8. The van der Waals surface area contributed by atoms with Crippen LogP contribution in [0.5, 0.6) is 0 Å². The van der Waals surface area contributed by atoms with Gasteiger partial charge in [-0.1, -0.05) is 30.3 Å². The molecule has 0 aromatic heterocycles. The van der Waals surface area contributed by atoms with Crippen LogP contribution in [0.15, 0.2) is 53.4 Å². The van der Waals surface area contributed by atoms with Crippen molar-refractivity contribution in [1.29, 1.82) is 0 Å². The Morgan fingerprint density at radius 3 is 2.47 bits per heavy atom. The maximum Gasteiger partial charge on any atom is 0.293 e. The SMILES string of the molecule is NS(=O)(=O)c1ccc(NCCC(=O)N2CCC(CCc3ccccc3)CC2)c([N+](=O)[O-])c1. The predicted molar refractivity (Wildman–Crippen MR) is 122 cm³/mol. The summed E-state index contributed by atoms with van der Waals surface area (Å²) in [7, 11) is -4.04. The van der Waals surface area contributed by atoms with Gasteiger partial charge in [0.05, 0.1) is 9.82 Å². The van der Waals surface area contributed by atoms with E-state index in [1.807, 2.05) is 23.1 Å². The van der Waals surface area contributed by atoms with Crippen molar-refractivity contribution in [3.8, 4) is 0 Å². The Bertz CT molecular complexity index is 1050. The molecule has 1 heterocycles. The molecule has 2 aromatic rings. The minimum Gasteiger partial charge on any atom is -0.379 e. The number of likely N-dealkylation sites (tertiary alicyclic amines) is 1. The number of nitro benzene ring substituents is 1. The van der Waals surface area contributed by atoms with Crippen LogP contribution in [0.1, 0.15) is 31.2 Å². The molecule has 0 atom stereocenters. The number of rotatable bonds is 9. The third kappa shape index (κ3) is 6.51. The molecule has 1 aliphatic heterocycles. The van der Waals surface area contributed by atoms with Crippen molar-refractivity contribution in [2.45, 2.75) is 37.0 Å². The molecule has 9 nitrogen and oxygen atoms in total. The van der Waals surface area contributed by atoms with Crippen LogP contribution in [0.3, 0.4) is 0 Å². The fraction of sp³-hybridized carbons (Fsp3) is 0.409. The van der Waals surface area contributed by atoms with Crippen LogP contribution in [0.2, 0.25) is 0 Å². The number of nitrogens with two attached hydrogens (primary N) is 1. The number of benzene rings is 2. The molecule has 32 heavy (non-hydrogen) atoms. The zero-order chi connectivity index (χ0) is 23.1. The second-order valence-electron chi connectivity index (χ2n) is 8.01. The first-order valence-electron chi connectivity index (χ1n) is 10.6. The summed E-state index contributed by atoms with van der Waals surface area (Å²) in [5, 5.41) is 19.2. The van der Waals surface area contributed by atoms with E-state index in [1.54, 1.807) is 0 Å². The van der Waals surface area contributed by atoms with Crippen molar-refractivity contribution in [1.82, 2.24) is 4.90 Å². The summed E-state index contributed by atoms with van der Waals surface area (Å²) in [6.45, 7) is 1.66. The molecule has 3 N–H and O–H groups in total. The van der Waals surface area contributed by atoms with E-state index < -0.39 is 20.6 Å². The van der Waals surface area contributed by atoms with Gasteiger partial charge in [-0.25, -0.2) is 13.6 Å². The average Bonchev–Trinajstić information content (AvgIpc) is 2.78. The Balaban J connectivity index is 1.45. The highest BCUT2D eigenvalue weighted by Crippen LogP contribution is 2.27. The van der Waals surface area contributed by atoms with Crippen molar-refractivity contribution in [3.63, 3.8) is 0 Å². The van der Waals surface area contributed by atoms with E-state index in [4.69, 9.17) is 5.14 Å². The summed E-state index contributed by atoms with van der Waals surface area (Å²) >= 11 is 0. The highest BCUT2D eigenvalue weighted by molar-refractivity contribution is 7.89. The highest BCUT2D eigenvalue weighted by atomic mass is 32.2. The summed E-state index contributed by atoms with van der Waals surface area (Å²) in [5.41, 5.74) is 1.08. The van der Waals surface area contributed by atoms with Crippen molar-refractivity contribution < 1.29 is 18.1 Å². The third-order valence-corrected chi connectivity index (χ3v) is 6.71. The zero-order valence-corrected chi connectivity index (χ0v) is 18.6. The van der Waals surface area contributed by atoms with Crippen molar-refractivity contribution >= 4 is 27.3 Å². The number of aryl methyl sites for hydroxylation is 1. The number of anilines is 1. The lowest BCUT2D eigenvalue weighted by atomic mass is 9.90. The number of carbonyl (C=O) groups excluding carboxylic acids is 1. The van der Waals surface area contributed by atoms with Gasteiger partial charge in [0.25, 0.3) is 5.69 Å². The number of sulfonamides is 1. The number of primary sulfonamides is 1. The van der Waals surface area contributed by atoms with Crippen molar-refractivity contribution in [3.05, 3.63) is 64.2 Å². The predicted octanol–water partition coefficient (Wildman–Crippen LogP) is 2.92. The Kier molecular flexibility index (Phi) is 7.81. The minimum absolute atomic E-state index is 0.00261. The number of nitrogens with zero attached hydrogens (tertiary/aromatic N) is 2. The molecule has 1 saturated heterocycles. The molecular formula is C22H28N4O5S. The fourth-order valence-corrected chi connectivity index (χ4v) is 4.47. The minimum atomic E-state index is -4.04. The summed E-state index contributed by atoms with van der Waals surface area (Å²) in [6.07, 6.45) is 4.32. The standard InChI is InChI=1S/C22H28N4O5S/c23-32(30,31)19-8-9-20(21(16-19)26(28)29)24-13-10-22(27)25-14-11-18(12-15-25)7-6-17-4-2-1-3-5-17/h1-5,8-9,16,18,24H,6-7,10-15H2,(H2,23,30,31). The maximum absolute atomic E-state index is 12.5. The molecular weight excluding hydrogens is 432 g/mol. The van der Waals surface area contributed by atoms with Crippen molar-refractivity contribution in [2.24, 2.45) is 11.1 Å². The summed E-state index contributed by atoms with van der Waals surface area (Å²) < 4.78 is 22.8. The van der Waals surface area contributed by atoms with Crippen LogP contribution in [0.25, 0.3) is 0 Å². The van der Waals surface area contributed by atoms with Crippen LogP contribution in [-0.2, 0) is 21.2 Å². The number of nitro groups is 1. The molecule has 1 amide bonds. The van der Waals surface area contributed by atoms with Gasteiger partial charge in [-0.15, -0.1) is 0 Å². The maximum atomic E-state index is 12.5. The van der Waals surface area contributed by atoms with Crippen LogP contribution in [0.4, 0.5) is 11.4 Å². The van der Waals surface area contributed by atoms with Gasteiger partial charge in [0.1, 0.15) is 5.69 Å². The van der Waals surface area contributed by atoms with Crippen LogP contribution < -0.4 is 10.5 Å². The van der Waals surface area contributed by atoms with E-state index in [1.165, 1.54) is 17.7 Å². The van der Waals surface area contributed by atoms with Gasteiger partial charge in [-0.3, -0.25) is 14.9 Å². The Morgan fingerprint density at radius 2 is 1.84 bits per heavy atom. The Morgan fingerprint density at radius 1 is 1.16 bits per heavy atom. The molecule has 1 aliphatic rings. The summed E-state index contributed by atoms with van der Waals surface area (Å²) in [4.78, 5) is 24.6. The third-order valence-electron chi connectivity index (χ3n) is 5.80. The molecule has 0 radical (unpaired) electrons. The molecule has 0 aliphatic carbocycles. The van der Waals surface area contributed by atoms with E-state index in [-0.39, 0.29) is 29.5 Å². The summed E-state index contributed by atoms with van der Waals surface area (Å²) in [6, 6.07) is 13.8. The molecule has 1 fully saturated rings. The molecule has 172 valence electrons. The topological polar surface area (TPSA) is 136 Å². The van der Waals surface area contributed by atoms with E-state index in [0.717, 1.165) is 44.8 Å². The van der Waals surface area contributed by atoms with Gasteiger partial charge in [0, 0.05) is 32.1 Å². The largest absolute Gasteiger partial charge is 0.379 e. The molecule has 0 bridgehead atoms. The second-order valence-corrected chi connectivity index (χ2v) is 9.57. The van der Waals surface area contributed by atoms with Gasteiger partial charge in [-0.05, 0) is 49.3 Å². The van der Waals surface area contributed by atoms with E-state index in [0.29, 0.717) is 5.92 Å². The number of hydrogen-bond acceptors (Lipinski definition) is 6. The van der Waals surface area contributed by atoms with E-state index in [2.05, 4.69) is 17.4 Å². The number of nitrogens with one attached hydrogen (secondary N) is 1. The molecule has 0 saturated carbocycles. The molecule has 2 aromatic carbocycles. The average molecular weight is 461 g/mol. The van der Waals surface area contributed by atoms with E-state index in [9.17, 15) is 23.3 Å². The second kappa shape index (κ2) is 10.6. The molecule has 10 heteroatoms. The number of amides is 1. The van der Waals surface area contributed by atoms with Crippen LogP contribution in [-0.4, -0.2) is 43.8 Å². The fourth-order valence-electron chi connectivity index (χ4n) is 3.94. The normalized spacial score (nSPS) is 14.8. The van der Waals surface area contributed by atoms with Gasteiger partial charge in [0.2, 0.25) is 15.9 Å². The van der Waals surface area contributed by atoms with Crippen LogP contribution in [0, 0.1) is 16.0 Å². The number of carbonyl (C=O) groups is 1. The first-order valence-corrected chi connectivity index (χ1v) is 12.2. The lowest BCUT2D eigenvalue weighted by Gasteiger charge is -2.32.